The summed E-state index contributed by atoms with van der Waals surface area (Å²) in [4.78, 5) is 28.2. The summed E-state index contributed by atoms with van der Waals surface area (Å²) in [7, 11) is 0. The predicted octanol–water partition coefficient (Wildman–Crippen LogP) is 6.32. The van der Waals surface area contributed by atoms with Crippen molar-refractivity contribution in [3.05, 3.63) is 79.9 Å². The highest BCUT2D eigenvalue weighted by molar-refractivity contribution is 6.38. The van der Waals surface area contributed by atoms with Gasteiger partial charge in [0.2, 0.25) is 5.88 Å². The van der Waals surface area contributed by atoms with Crippen LogP contribution in [0.1, 0.15) is 15.9 Å². The molecule has 0 aliphatic heterocycles. The molecule has 1 heterocycles. The maximum Gasteiger partial charge on any atom is 0.326 e. The highest BCUT2D eigenvalue weighted by Gasteiger charge is 2.16. The number of amides is 3. The van der Waals surface area contributed by atoms with Crippen LogP contribution in [0.15, 0.2) is 48.5 Å². The second-order valence-electron chi connectivity index (χ2n) is 5.86. The van der Waals surface area contributed by atoms with Gasteiger partial charge in [-0.15, -0.1) is 0 Å². The fraction of sp³-hybridized carbons (Fsp3) is 0. The largest absolute Gasteiger partial charge is 0.436 e. The van der Waals surface area contributed by atoms with Crippen LogP contribution in [-0.2, 0) is 0 Å². The summed E-state index contributed by atoms with van der Waals surface area (Å²) in [6, 6.07) is 13.0. The third-order valence-corrected chi connectivity index (χ3v) is 4.93. The standard InChI is InChI=1S/C20H10Cl4N4O3/c21-13-4-2-1-3-12(13)19(29)28-20(30)26-11-7-14(22)17(15(23)8-11)31-16-6-5-10(9-25)18(24)27-16/h1-8H,(H2,26,28,29,30). The van der Waals surface area contributed by atoms with Crippen LogP contribution in [0, 0.1) is 11.3 Å². The summed E-state index contributed by atoms with van der Waals surface area (Å²) in [5.41, 5.74) is 0.536. The highest BCUT2D eigenvalue weighted by atomic mass is 35.5. The Balaban J connectivity index is 1.72. The van der Waals surface area contributed by atoms with Gasteiger partial charge in [0.25, 0.3) is 5.91 Å². The molecule has 3 aromatic rings. The molecule has 0 bridgehead atoms. The first-order valence-electron chi connectivity index (χ1n) is 8.39. The van der Waals surface area contributed by atoms with Gasteiger partial charge in [0.15, 0.2) is 10.9 Å². The second kappa shape index (κ2) is 9.86. The summed E-state index contributed by atoms with van der Waals surface area (Å²) in [5, 5.41) is 13.8. The summed E-state index contributed by atoms with van der Waals surface area (Å²) in [6.07, 6.45) is 0. The smallest absolute Gasteiger partial charge is 0.326 e. The minimum atomic E-state index is -0.814. The highest BCUT2D eigenvalue weighted by Crippen LogP contribution is 2.38. The van der Waals surface area contributed by atoms with Gasteiger partial charge in [0.05, 0.1) is 26.2 Å². The van der Waals surface area contributed by atoms with Crippen molar-refractivity contribution in [3.63, 3.8) is 0 Å². The summed E-state index contributed by atoms with van der Waals surface area (Å²) < 4.78 is 5.55. The Bertz CT molecular complexity index is 1200. The Morgan fingerprint density at radius 1 is 0.968 bits per heavy atom. The number of hydrogen-bond acceptors (Lipinski definition) is 5. The molecule has 11 heteroatoms. The van der Waals surface area contributed by atoms with Crippen LogP contribution in [-0.4, -0.2) is 16.9 Å². The van der Waals surface area contributed by atoms with Gasteiger partial charge in [-0.25, -0.2) is 4.79 Å². The molecule has 1 aromatic heterocycles. The van der Waals surface area contributed by atoms with Crippen molar-refractivity contribution in [1.82, 2.24) is 10.3 Å². The molecule has 0 aliphatic carbocycles. The molecular weight excluding hydrogens is 486 g/mol. The zero-order chi connectivity index (χ0) is 22.5. The number of aromatic nitrogens is 1. The van der Waals surface area contributed by atoms with E-state index >= 15 is 0 Å². The van der Waals surface area contributed by atoms with Gasteiger partial charge in [-0.3, -0.25) is 10.1 Å². The van der Waals surface area contributed by atoms with E-state index in [9.17, 15) is 9.59 Å². The first kappa shape index (κ1) is 22.7. The lowest BCUT2D eigenvalue weighted by Gasteiger charge is -2.12. The van der Waals surface area contributed by atoms with Crippen molar-refractivity contribution >= 4 is 64.0 Å². The van der Waals surface area contributed by atoms with Crippen LogP contribution in [0.3, 0.4) is 0 Å². The van der Waals surface area contributed by atoms with Crippen LogP contribution in [0.5, 0.6) is 11.6 Å². The van der Waals surface area contributed by atoms with Gasteiger partial charge in [-0.2, -0.15) is 10.2 Å². The quantitative estimate of drug-likeness (QED) is 0.412. The minimum Gasteiger partial charge on any atom is -0.436 e. The van der Waals surface area contributed by atoms with Gasteiger partial charge in [0.1, 0.15) is 6.07 Å². The van der Waals surface area contributed by atoms with E-state index in [0.717, 1.165) is 0 Å². The van der Waals surface area contributed by atoms with Gasteiger partial charge in [0, 0.05) is 11.8 Å². The lowest BCUT2D eigenvalue weighted by molar-refractivity contribution is 0.0967. The van der Waals surface area contributed by atoms with Crippen LogP contribution in [0.25, 0.3) is 0 Å². The van der Waals surface area contributed by atoms with E-state index in [-0.39, 0.29) is 48.7 Å². The van der Waals surface area contributed by atoms with E-state index in [1.54, 1.807) is 12.1 Å². The fourth-order valence-corrected chi connectivity index (χ4v) is 3.34. The summed E-state index contributed by atoms with van der Waals surface area (Å²) in [6.45, 7) is 0. The van der Waals surface area contributed by atoms with E-state index in [1.807, 2.05) is 6.07 Å². The maximum atomic E-state index is 12.2. The molecule has 3 rings (SSSR count). The molecule has 2 N–H and O–H groups in total. The third-order valence-electron chi connectivity index (χ3n) is 3.75. The Morgan fingerprint density at radius 3 is 2.26 bits per heavy atom. The topological polar surface area (TPSA) is 104 Å². The number of nitriles is 1. The Hall–Kier alpha value is -3.02. The summed E-state index contributed by atoms with van der Waals surface area (Å²) in [5.74, 6) is -0.546. The molecule has 3 amide bonds. The van der Waals surface area contributed by atoms with E-state index in [4.69, 9.17) is 56.4 Å². The number of benzene rings is 2. The zero-order valence-corrected chi connectivity index (χ0v) is 18.3. The van der Waals surface area contributed by atoms with E-state index in [0.29, 0.717) is 0 Å². The third kappa shape index (κ3) is 5.57. The summed E-state index contributed by atoms with van der Waals surface area (Å²) >= 11 is 24.2. The Labute approximate surface area is 196 Å². The number of halogens is 4. The number of hydrogen-bond donors (Lipinski definition) is 2. The SMILES string of the molecule is N#Cc1ccc(Oc2c(Cl)cc(NC(=O)NC(=O)c3ccccc3Cl)cc2Cl)nc1Cl. The van der Waals surface area contributed by atoms with Crippen molar-refractivity contribution in [2.75, 3.05) is 5.32 Å². The molecule has 0 fully saturated rings. The van der Waals surface area contributed by atoms with Crippen molar-refractivity contribution in [2.24, 2.45) is 0 Å². The number of pyridine rings is 1. The number of anilines is 1. The molecule has 0 aliphatic rings. The molecule has 156 valence electrons. The van der Waals surface area contributed by atoms with Crippen LogP contribution in [0.2, 0.25) is 20.2 Å². The Kier molecular flexibility index (Phi) is 7.21. The number of carbonyl (C=O) groups excluding carboxylic acids is 2. The number of ether oxygens (including phenoxy) is 1. The number of imide groups is 1. The normalized spacial score (nSPS) is 10.2. The molecule has 0 saturated heterocycles. The van der Waals surface area contributed by atoms with E-state index in [2.05, 4.69) is 15.6 Å². The lowest BCUT2D eigenvalue weighted by atomic mass is 10.2. The molecule has 0 spiro atoms. The number of carbonyl (C=O) groups is 2. The number of nitrogens with one attached hydrogen (secondary N) is 2. The van der Waals surface area contributed by atoms with Crippen LogP contribution >= 0.6 is 46.4 Å². The average molecular weight is 496 g/mol. The second-order valence-corrected chi connectivity index (χ2v) is 7.44. The molecular formula is C20H10Cl4N4O3. The van der Waals surface area contributed by atoms with Gasteiger partial charge in [-0.1, -0.05) is 58.5 Å². The van der Waals surface area contributed by atoms with Crippen molar-refractivity contribution in [2.45, 2.75) is 0 Å². The first-order valence-corrected chi connectivity index (χ1v) is 9.90. The van der Waals surface area contributed by atoms with Crippen molar-refractivity contribution in [3.8, 4) is 17.7 Å². The fourth-order valence-electron chi connectivity index (χ4n) is 2.37. The van der Waals surface area contributed by atoms with Crippen molar-refractivity contribution < 1.29 is 14.3 Å². The average Bonchev–Trinajstić information content (AvgIpc) is 2.71. The molecule has 0 radical (unpaired) electrons. The Morgan fingerprint density at radius 2 is 1.65 bits per heavy atom. The zero-order valence-electron chi connectivity index (χ0n) is 15.2. The van der Waals surface area contributed by atoms with Gasteiger partial charge in [-0.05, 0) is 30.3 Å². The molecule has 7 nitrogen and oxygen atoms in total. The number of rotatable bonds is 4. The predicted molar refractivity (Wildman–Crippen MR) is 118 cm³/mol. The van der Waals surface area contributed by atoms with Crippen LogP contribution < -0.4 is 15.4 Å². The van der Waals surface area contributed by atoms with E-state index in [1.165, 1.54) is 36.4 Å². The number of nitrogens with zero attached hydrogens (tertiary/aromatic N) is 2. The lowest BCUT2D eigenvalue weighted by Crippen LogP contribution is -2.34. The molecule has 2 aromatic carbocycles. The monoisotopic (exact) mass is 494 g/mol. The minimum absolute atomic E-state index is 0.0367. The first-order chi connectivity index (χ1) is 14.8. The molecule has 31 heavy (non-hydrogen) atoms. The maximum absolute atomic E-state index is 12.2. The van der Waals surface area contributed by atoms with Gasteiger partial charge >= 0.3 is 6.03 Å². The number of urea groups is 1. The molecule has 0 atom stereocenters. The van der Waals surface area contributed by atoms with E-state index < -0.39 is 11.9 Å². The molecule has 0 unspecified atom stereocenters. The van der Waals surface area contributed by atoms with Gasteiger partial charge < -0.3 is 10.1 Å². The van der Waals surface area contributed by atoms with Crippen LogP contribution in [0.4, 0.5) is 10.5 Å². The molecule has 0 saturated carbocycles. The van der Waals surface area contributed by atoms with Crippen molar-refractivity contribution in [1.29, 1.82) is 5.26 Å².